The summed E-state index contributed by atoms with van der Waals surface area (Å²) in [5, 5.41) is 0. The molecule has 76 valence electrons. The summed E-state index contributed by atoms with van der Waals surface area (Å²) in [7, 11) is 0. The summed E-state index contributed by atoms with van der Waals surface area (Å²) in [5.41, 5.74) is -1.20. The first-order chi connectivity index (χ1) is 5.81. The highest BCUT2D eigenvalue weighted by Gasteiger charge is 2.59. The molecule has 1 saturated carbocycles. The van der Waals surface area contributed by atoms with E-state index in [9.17, 15) is 13.2 Å². The van der Waals surface area contributed by atoms with Crippen molar-refractivity contribution < 1.29 is 13.2 Å². The Kier molecular flexibility index (Phi) is 2.48. The highest BCUT2D eigenvalue weighted by Crippen LogP contribution is 2.58. The summed E-state index contributed by atoms with van der Waals surface area (Å²) in [6, 6.07) is 0. The average Bonchev–Trinajstić information content (AvgIpc) is 1.80. The van der Waals surface area contributed by atoms with Crippen LogP contribution in [0.2, 0.25) is 0 Å². The predicted molar refractivity (Wildman–Crippen MR) is 46.3 cm³/mol. The summed E-state index contributed by atoms with van der Waals surface area (Å²) >= 11 is 0. The van der Waals surface area contributed by atoms with Crippen molar-refractivity contribution in [1.82, 2.24) is 0 Å². The molecule has 1 fully saturated rings. The van der Waals surface area contributed by atoms with Crippen molar-refractivity contribution >= 4 is 0 Å². The van der Waals surface area contributed by atoms with E-state index in [-0.39, 0.29) is 18.8 Å². The lowest BCUT2D eigenvalue weighted by Crippen LogP contribution is -2.46. The van der Waals surface area contributed by atoms with Crippen LogP contribution in [0, 0.1) is 11.3 Å². The molecule has 0 aromatic heterocycles. The largest absolute Gasteiger partial charge is 0.398 e. The van der Waals surface area contributed by atoms with Gasteiger partial charge in [0.05, 0.1) is 5.41 Å². The van der Waals surface area contributed by atoms with Crippen LogP contribution >= 0.6 is 0 Å². The number of hydrogen-bond donors (Lipinski definition) is 0. The quantitative estimate of drug-likeness (QED) is 0.581. The lowest BCUT2D eigenvalue weighted by molar-refractivity contribution is -0.236. The third kappa shape index (κ3) is 1.49. The monoisotopic (exact) mass is 192 g/mol. The molecule has 0 bridgehead atoms. The van der Waals surface area contributed by atoms with Gasteiger partial charge in [-0.05, 0) is 18.8 Å². The minimum Gasteiger partial charge on any atom is -0.170 e. The van der Waals surface area contributed by atoms with Gasteiger partial charge in [-0.1, -0.05) is 32.4 Å². The summed E-state index contributed by atoms with van der Waals surface area (Å²) < 4.78 is 38.1. The fraction of sp³-hybridized carbons (Fsp3) is 0.800. The fourth-order valence-electron chi connectivity index (χ4n) is 1.87. The van der Waals surface area contributed by atoms with E-state index in [1.807, 2.05) is 0 Å². The maximum atomic E-state index is 12.7. The van der Waals surface area contributed by atoms with Crippen molar-refractivity contribution in [2.24, 2.45) is 11.3 Å². The molecule has 0 radical (unpaired) electrons. The van der Waals surface area contributed by atoms with Crippen LogP contribution in [0.5, 0.6) is 0 Å². The van der Waals surface area contributed by atoms with Crippen molar-refractivity contribution in [3.05, 3.63) is 12.2 Å². The second-order valence-corrected chi connectivity index (χ2v) is 4.11. The molecule has 0 unspecified atom stereocenters. The van der Waals surface area contributed by atoms with Crippen LogP contribution in [-0.4, -0.2) is 6.18 Å². The maximum Gasteiger partial charge on any atom is 0.398 e. The van der Waals surface area contributed by atoms with Crippen molar-refractivity contribution in [3.8, 4) is 0 Å². The molecule has 0 heterocycles. The molecule has 13 heavy (non-hydrogen) atoms. The Labute approximate surface area is 76.8 Å². The van der Waals surface area contributed by atoms with E-state index in [1.165, 1.54) is 0 Å². The molecular weight excluding hydrogens is 177 g/mol. The van der Waals surface area contributed by atoms with E-state index in [0.29, 0.717) is 12.0 Å². The molecule has 1 aliphatic carbocycles. The molecular formula is C10H15F3. The first kappa shape index (κ1) is 10.6. The zero-order chi connectivity index (χ0) is 10.3. The third-order valence-electron chi connectivity index (χ3n) is 3.06. The Morgan fingerprint density at radius 2 is 1.77 bits per heavy atom. The van der Waals surface area contributed by atoms with Gasteiger partial charge in [-0.2, -0.15) is 13.2 Å². The predicted octanol–water partition coefficient (Wildman–Crippen LogP) is 3.93. The Hall–Kier alpha value is -0.470. The molecule has 1 rings (SSSR count). The molecule has 0 N–H and O–H groups in total. The fourth-order valence-corrected chi connectivity index (χ4v) is 1.87. The topological polar surface area (TPSA) is 0 Å². The average molecular weight is 192 g/mol. The highest BCUT2D eigenvalue weighted by molar-refractivity contribution is 5.19. The second kappa shape index (κ2) is 3.03. The molecule has 0 spiro atoms. The van der Waals surface area contributed by atoms with Crippen molar-refractivity contribution in [1.29, 1.82) is 0 Å². The Balaban J connectivity index is 2.89. The van der Waals surface area contributed by atoms with Crippen LogP contribution < -0.4 is 0 Å². The lowest BCUT2D eigenvalue weighted by atomic mass is 9.61. The minimum atomic E-state index is -4.10. The zero-order valence-electron chi connectivity index (χ0n) is 8.04. The summed E-state index contributed by atoms with van der Waals surface area (Å²) in [4.78, 5) is 0. The van der Waals surface area contributed by atoms with E-state index in [2.05, 4.69) is 6.58 Å². The number of hydrogen-bond acceptors (Lipinski definition) is 0. The van der Waals surface area contributed by atoms with Crippen molar-refractivity contribution in [3.63, 3.8) is 0 Å². The number of allylic oxidation sites excluding steroid dienone is 1. The van der Waals surface area contributed by atoms with Crippen LogP contribution in [0.15, 0.2) is 12.2 Å². The van der Waals surface area contributed by atoms with Crippen LogP contribution in [0.1, 0.15) is 33.1 Å². The van der Waals surface area contributed by atoms with Crippen molar-refractivity contribution in [2.45, 2.75) is 39.3 Å². The van der Waals surface area contributed by atoms with Gasteiger partial charge in [-0.15, -0.1) is 0 Å². The Morgan fingerprint density at radius 3 is 1.85 bits per heavy atom. The van der Waals surface area contributed by atoms with E-state index in [4.69, 9.17) is 0 Å². The smallest absolute Gasteiger partial charge is 0.170 e. The first-order valence-electron chi connectivity index (χ1n) is 4.57. The van der Waals surface area contributed by atoms with E-state index < -0.39 is 11.6 Å². The van der Waals surface area contributed by atoms with Gasteiger partial charge < -0.3 is 0 Å². The number of rotatable bonds is 2. The lowest BCUT2D eigenvalue weighted by Gasteiger charge is -2.46. The normalized spacial score (nSPS) is 21.4. The third-order valence-corrected chi connectivity index (χ3v) is 3.06. The summed E-state index contributed by atoms with van der Waals surface area (Å²) in [6.45, 7) is 7.14. The summed E-state index contributed by atoms with van der Waals surface area (Å²) in [5.74, 6) is -0.0816. The van der Waals surface area contributed by atoms with Crippen LogP contribution in [0.3, 0.4) is 0 Å². The second-order valence-electron chi connectivity index (χ2n) is 4.11. The van der Waals surface area contributed by atoms with Gasteiger partial charge in [0, 0.05) is 0 Å². The van der Waals surface area contributed by atoms with Crippen molar-refractivity contribution in [2.75, 3.05) is 0 Å². The van der Waals surface area contributed by atoms with Gasteiger partial charge in [0.2, 0.25) is 0 Å². The van der Waals surface area contributed by atoms with E-state index >= 15 is 0 Å². The van der Waals surface area contributed by atoms with Gasteiger partial charge in [0.25, 0.3) is 0 Å². The molecule has 1 aliphatic rings. The summed E-state index contributed by atoms with van der Waals surface area (Å²) in [6.07, 6.45) is -2.97. The molecule has 0 atom stereocenters. The molecule has 0 aromatic carbocycles. The molecule has 3 heteroatoms. The number of halogens is 3. The standard InChI is InChI=1S/C10H15F3/c1-7(2)8(3)9(5-4-6-9)10(11,12)13/h7H,3-6H2,1-2H3. The first-order valence-corrected chi connectivity index (χ1v) is 4.57. The Morgan fingerprint density at radius 1 is 1.31 bits per heavy atom. The van der Waals surface area contributed by atoms with Crippen LogP contribution in [-0.2, 0) is 0 Å². The molecule has 0 aliphatic heterocycles. The molecule has 0 amide bonds. The SMILES string of the molecule is C=C(C(C)C)C1(C(F)(F)F)CCC1. The molecule has 0 aromatic rings. The maximum absolute atomic E-state index is 12.7. The minimum absolute atomic E-state index is 0.0816. The van der Waals surface area contributed by atoms with Crippen LogP contribution in [0.25, 0.3) is 0 Å². The van der Waals surface area contributed by atoms with Gasteiger partial charge in [0.1, 0.15) is 0 Å². The van der Waals surface area contributed by atoms with E-state index in [0.717, 1.165) is 0 Å². The number of alkyl halides is 3. The van der Waals surface area contributed by atoms with Gasteiger partial charge in [-0.25, -0.2) is 0 Å². The van der Waals surface area contributed by atoms with E-state index in [1.54, 1.807) is 13.8 Å². The van der Waals surface area contributed by atoms with Gasteiger partial charge in [0.15, 0.2) is 0 Å². The molecule has 0 nitrogen and oxygen atoms in total. The molecule has 0 saturated heterocycles. The van der Waals surface area contributed by atoms with Gasteiger partial charge in [-0.3, -0.25) is 0 Å². The van der Waals surface area contributed by atoms with Crippen LogP contribution in [0.4, 0.5) is 13.2 Å². The van der Waals surface area contributed by atoms with Gasteiger partial charge >= 0.3 is 6.18 Å². The zero-order valence-corrected chi connectivity index (χ0v) is 8.04. The highest BCUT2D eigenvalue weighted by atomic mass is 19.4. The Bertz CT molecular complexity index is 209.